The van der Waals surface area contributed by atoms with E-state index in [0.717, 1.165) is 5.56 Å². The SMILES string of the molecule is COc1cc(NC(C)=O)c(C(C)=O)cc1C. The van der Waals surface area contributed by atoms with Gasteiger partial charge in [-0.25, -0.2) is 0 Å². The van der Waals surface area contributed by atoms with Gasteiger partial charge in [-0.3, -0.25) is 9.59 Å². The molecule has 1 amide bonds. The second-order valence-corrected chi connectivity index (χ2v) is 3.60. The van der Waals surface area contributed by atoms with Crippen LogP contribution in [-0.2, 0) is 4.79 Å². The molecule has 0 aliphatic heterocycles. The Hall–Kier alpha value is -1.84. The first-order valence-corrected chi connectivity index (χ1v) is 4.93. The number of methoxy groups -OCH3 is 1. The Morgan fingerprint density at radius 2 is 1.88 bits per heavy atom. The number of benzene rings is 1. The topological polar surface area (TPSA) is 55.4 Å². The highest BCUT2D eigenvalue weighted by Gasteiger charge is 2.12. The van der Waals surface area contributed by atoms with E-state index in [2.05, 4.69) is 5.32 Å². The lowest BCUT2D eigenvalue weighted by Gasteiger charge is -2.12. The Balaban J connectivity index is 3.30. The number of ketones is 1. The summed E-state index contributed by atoms with van der Waals surface area (Å²) < 4.78 is 5.14. The highest BCUT2D eigenvalue weighted by atomic mass is 16.5. The molecule has 1 rings (SSSR count). The number of nitrogens with one attached hydrogen (secondary N) is 1. The molecule has 16 heavy (non-hydrogen) atoms. The van der Waals surface area contributed by atoms with Crippen LogP contribution in [0.1, 0.15) is 29.8 Å². The first kappa shape index (κ1) is 12.2. The van der Waals surface area contributed by atoms with Crippen LogP contribution in [0.5, 0.6) is 5.75 Å². The van der Waals surface area contributed by atoms with E-state index in [4.69, 9.17) is 4.74 Å². The van der Waals surface area contributed by atoms with Gasteiger partial charge in [0.25, 0.3) is 0 Å². The normalized spacial score (nSPS) is 9.75. The number of Topliss-reactive ketones (excluding diaryl/α,β-unsaturated/α-hetero) is 1. The van der Waals surface area contributed by atoms with Gasteiger partial charge < -0.3 is 10.1 Å². The molecule has 86 valence electrons. The summed E-state index contributed by atoms with van der Waals surface area (Å²) >= 11 is 0. The van der Waals surface area contributed by atoms with Crippen LogP contribution in [0.15, 0.2) is 12.1 Å². The largest absolute Gasteiger partial charge is 0.496 e. The molecule has 0 unspecified atom stereocenters. The Bertz CT molecular complexity index is 438. The summed E-state index contributed by atoms with van der Waals surface area (Å²) in [5, 5.41) is 2.62. The number of aryl methyl sites for hydroxylation is 1. The molecule has 1 aromatic carbocycles. The van der Waals surface area contributed by atoms with Crippen molar-refractivity contribution in [2.75, 3.05) is 12.4 Å². The average Bonchev–Trinajstić information content (AvgIpc) is 2.19. The van der Waals surface area contributed by atoms with E-state index in [-0.39, 0.29) is 11.7 Å². The van der Waals surface area contributed by atoms with Gasteiger partial charge in [0, 0.05) is 18.6 Å². The van der Waals surface area contributed by atoms with Gasteiger partial charge >= 0.3 is 0 Å². The van der Waals surface area contributed by atoms with Gasteiger partial charge in [0.15, 0.2) is 5.78 Å². The monoisotopic (exact) mass is 221 g/mol. The van der Waals surface area contributed by atoms with Gasteiger partial charge in [0.2, 0.25) is 5.91 Å². The van der Waals surface area contributed by atoms with Crippen LogP contribution in [0, 0.1) is 6.92 Å². The molecule has 0 radical (unpaired) electrons. The van der Waals surface area contributed by atoms with Gasteiger partial charge in [-0.15, -0.1) is 0 Å². The van der Waals surface area contributed by atoms with Gasteiger partial charge in [-0.1, -0.05) is 0 Å². The molecule has 4 nitrogen and oxygen atoms in total. The van der Waals surface area contributed by atoms with E-state index >= 15 is 0 Å². The van der Waals surface area contributed by atoms with Crippen molar-refractivity contribution in [1.82, 2.24) is 0 Å². The predicted molar refractivity (Wildman–Crippen MR) is 62.0 cm³/mol. The molecule has 1 aromatic rings. The minimum absolute atomic E-state index is 0.0884. The maximum Gasteiger partial charge on any atom is 0.221 e. The Labute approximate surface area is 94.6 Å². The van der Waals surface area contributed by atoms with Gasteiger partial charge in [0.05, 0.1) is 12.8 Å². The van der Waals surface area contributed by atoms with Gasteiger partial charge in [-0.05, 0) is 25.5 Å². The number of anilines is 1. The van der Waals surface area contributed by atoms with Crippen LogP contribution in [0.4, 0.5) is 5.69 Å². The maximum absolute atomic E-state index is 11.4. The van der Waals surface area contributed by atoms with Crippen LogP contribution in [0.3, 0.4) is 0 Å². The molecule has 4 heteroatoms. The maximum atomic E-state index is 11.4. The zero-order valence-corrected chi connectivity index (χ0v) is 9.88. The molecule has 0 heterocycles. The van der Waals surface area contributed by atoms with E-state index in [1.165, 1.54) is 13.8 Å². The van der Waals surface area contributed by atoms with Crippen LogP contribution >= 0.6 is 0 Å². The number of hydrogen-bond acceptors (Lipinski definition) is 3. The summed E-state index contributed by atoms with van der Waals surface area (Å²) in [5.74, 6) is 0.344. The summed E-state index contributed by atoms with van der Waals surface area (Å²) in [5.41, 5.74) is 1.85. The number of hydrogen-bond donors (Lipinski definition) is 1. The fraction of sp³-hybridized carbons (Fsp3) is 0.333. The molecular weight excluding hydrogens is 206 g/mol. The van der Waals surface area contributed by atoms with Crippen LogP contribution < -0.4 is 10.1 Å². The lowest BCUT2D eigenvalue weighted by molar-refractivity contribution is -0.114. The molecular formula is C12H15NO3. The van der Waals surface area contributed by atoms with Crippen molar-refractivity contribution in [2.24, 2.45) is 0 Å². The first-order chi connectivity index (χ1) is 7.45. The lowest BCUT2D eigenvalue weighted by atomic mass is 10.0. The number of rotatable bonds is 3. The molecule has 0 saturated carbocycles. The Morgan fingerprint density at radius 1 is 1.25 bits per heavy atom. The van der Waals surface area contributed by atoms with Crippen molar-refractivity contribution in [2.45, 2.75) is 20.8 Å². The summed E-state index contributed by atoms with van der Waals surface area (Å²) in [6.45, 7) is 4.71. The second kappa shape index (κ2) is 4.79. The highest BCUT2D eigenvalue weighted by Crippen LogP contribution is 2.27. The molecule has 0 fully saturated rings. The van der Waals surface area contributed by atoms with E-state index in [1.807, 2.05) is 6.92 Å². The zero-order chi connectivity index (χ0) is 12.3. The van der Waals surface area contributed by atoms with Crippen molar-refractivity contribution < 1.29 is 14.3 Å². The molecule has 0 saturated heterocycles. The summed E-state index contributed by atoms with van der Waals surface area (Å²) in [6.07, 6.45) is 0. The summed E-state index contributed by atoms with van der Waals surface area (Å²) in [6, 6.07) is 3.37. The van der Waals surface area contributed by atoms with Crippen LogP contribution in [0.2, 0.25) is 0 Å². The highest BCUT2D eigenvalue weighted by molar-refractivity contribution is 6.03. The van der Waals surface area contributed by atoms with Gasteiger partial charge in [-0.2, -0.15) is 0 Å². The first-order valence-electron chi connectivity index (χ1n) is 4.93. The molecule has 1 N–H and O–H groups in total. The molecule has 0 aromatic heterocycles. The molecule has 0 aliphatic carbocycles. The number of carbonyl (C=O) groups is 2. The zero-order valence-electron chi connectivity index (χ0n) is 9.88. The van der Waals surface area contributed by atoms with Crippen molar-refractivity contribution in [3.05, 3.63) is 23.3 Å². The van der Waals surface area contributed by atoms with E-state index in [1.54, 1.807) is 19.2 Å². The third kappa shape index (κ3) is 2.59. The van der Waals surface area contributed by atoms with Gasteiger partial charge in [0.1, 0.15) is 5.75 Å². The molecule has 0 aliphatic rings. The second-order valence-electron chi connectivity index (χ2n) is 3.60. The molecule has 0 spiro atoms. The van der Waals surface area contributed by atoms with E-state index in [9.17, 15) is 9.59 Å². The minimum atomic E-state index is -0.214. The third-order valence-electron chi connectivity index (χ3n) is 2.23. The van der Waals surface area contributed by atoms with Crippen LogP contribution in [0.25, 0.3) is 0 Å². The fourth-order valence-electron chi connectivity index (χ4n) is 1.49. The number of carbonyl (C=O) groups excluding carboxylic acids is 2. The smallest absolute Gasteiger partial charge is 0.221 e. The Morgan fingerprint density at radius 3 is 2.31 bits per heavy atom. The number of amides is 1. The molecule has 0 bridgehead atoms. The Kier molecular flexibility index (Phi) is 3.66. The summed E-state index contributed by atoms with van der Waals surface area (Å²) in [4.78, 5) is 22.4. The average molecular weight is 221 g/mol. The predicted octanol–water partition coefficient (Wildman–Crippen LogP) is 2.16. The van der Waals surface area contributed by atoms with E-state index in [0.29, 0.717) is 17.0 Å². The standard InChI is InChI=1S/C12H15NO3/c1-7-5-10(8(2)14)11(13-9(3)15)6-12(7)16-4/h5-6H,1-4H3,(H,13,15). The molecule has 0 atom stereocenters. The fourth-order valence-corrected chi connectivity index (χ4v) is 1.49. The third-order valence-corrected chi connectivity index (χ3v) is 2.23. The van der Waals surface area contributed by atoms with Crippen molar-refractivity contribution >= 4 is 17.4 Å². The summed E-state index contributed by atoms with van der Waals surface area (Å²) in [7, 11) is 1.55. The van der Waals surface area contributed by atoms with Crippen molar-refractivity contribution in [3.8, 4) is 5.75 Å². The van der Waals surface area contributed by atoms with Crippen molar-refractivity contribution in [3.63, 3.8) is 0 Å². The lowest BCUT2D eigenvalue weighted by Crippen LogP contribution is -2.10. The minimum Gasteiger partial charge on any atom is -0.496 e. The number of ether oxygens (including phenoxy) is 1. The van der Waals surface area contributed by atoms with Crippen LogP contribution in [-0.4, -0.2) is 18.8 Å². The van der Waals surface area contributed by atoms with Crippen molar-refractivity contribution in [1.29, 1.82) is 0 Å². The van der Waals surface area contributed by atoms with E-state index < -0.39 is 0 Å². The quantitative estimate of drug-likeness (QED) is 0.796.